The zero-order valence-corrected chi connectivity index (χ0v) is 20.2. The van der Waals surface area contributed by atoms with E-state index in [0.29, 0.717) is 0 Å². The van der Waals surface area contributed by atoms with Crippen LogP contribution in [0.3, 0.4) is 0 Å². The van der Waals surface area contributed by atoms with Crippen LogP contribution in [-0.4, -0.2) is 62.5 Å². The third kappa shape index (κ3) is 5.59. The van der Waals surface area contributed by atoms with Gasteiger partial charge in [-0.05, 0) is 55.1 Å². The van der Waals surface area contributed by atoms with Gasteiger partial charge in [0.1, 0.15) is 0 Å². The summed E-state index contributed by atoms with van der Waals surface area (Å²) in [5, 5.41) is 3.71. The molecular formula is C25H35ClN4O. The fraction of sp³-hybridized carbons (Fsp3) is 0.480. The van der Waals surface area contributed by atoms with Crippen molar-refractivity contribution >= 4 is 28.9 Å². The Balaban J connectivity index is 0.00000132. The summed E-state index contributed by atoms with van der Waals surface area (Å²) in [7, 11) is 4.32. The second-order valence-corrected chi connectivity index (χ2v) is 8.75. The van der Waals surface area contributed by atoms with E-state index in [-0.39, 0.29) is 11.8 Å². The first-order chi connectivity index (χ1) is 14.9. The van der Waals surface area contributed by atoms with Crippen molar-refractivity contribution in [3.8, 4) is 0 Å². The quantitative estimate of drug-likeness (QED) is 0.750. The van der Waals surface area contributed by atoms with E-state index in [0.717, 1.165) is 50.0 Å². The van der Waals surface area contributed by atoms with Gasteiger partial charge in [0.2, 0.25) is 5.91 Å². The average Bonchev–Trinajstić information content (AvgIpc) is 2.76. The molecule has 1 unspecified atom stereocenters. The molecule has 2 aromatic rings. The lowest BCUT2D eigenvalue weighted by molar-refractivity contribution is -0.114. The van der Waals surface area contributed by atoms with Crippen LogP contribution in [0.4, 0.5) is 11.4 Å². The maximum Gasteiger partial charge on any atom is 0.221 e. The normalized spacial score (nSPS) is 19.3. The van der Waals surface area contributed by atoms with Crippen LogP contribution in [0.1, 0.15) is 43.4 Å². The van der Waals surface area contributed by atoms with Crippen molar-refractivity contribution in [2.45, 2.75) is 33.2 Å². The first-order valence-corrected chi connectivity index (χ1v) is 11.6. The smallest absolute Gasteiger partial charge is 0.221 e. The van der Waals surface area contributed by atoms with Gasteiger partial charge in [0.15, 0.2) is 0 Å². The molecule has 0 bridgehead atoms. The van der Waals surface area contributed by atoms with Gasteiger partial charge < -0.3 is 20.0 Å². The molecule has 2 heterocycles. The molecule has 0 radical (unpaired) electrons. The second kappa shape index (κ2) is 10.5. The van der Waals surface area contributed by atoms with Gasteiger partial charge in [0, 0.05) is 68.5 Å². The maximum atomic E-state index is 11.3. The molecule has 168 valence electrons. The minimum Gasteiger partial charge on any atom is -0.369 e. The first-order valence-electron chi connectivity index (χ1n) is 11.2. The number of hydrogen-bond acceptors (Lipinski definition) is 4. The van der Waals surface area contributed by atoms with E-state index in [1.807, 2.05) is 26.0 Å². The van der Waals surface area contributed by atoms with E-state index >= 15 is 0 Å². The number of nitrogens with one attached hydrogen (secondary N) is 1. The molecule has 1 saturated heterocycles. The molecule has 2 aliphatic rings. The lowest BCUT2D eigenvalue weighted by Gasteiger charge is -2.37. The Labute approximate surface area is 192 Å². The van der Waals surface area contributed by atoms with Crippen LogP contribution in [0.2, 0.25) is 5.02 Å². The number of carbonyl (C=O) groups excluding carboxylic acids is 1. The van der Waals surface area contributed by atoms with Crippen molar-refractivity contribution in [2.75, 3.05) is 57.0 Å². The van der Waals surface area contributed by atoms with Gasteiger partial charge >= 0.3 is 0 Å². The zero-order valence-electron chi connectivity index (χ0n) is 19.4. The number of piperazine rings is 1. The SMILES string of the molecule is CC.CC(=O)Nc1ccc(C2CN(C)Cc3c(Cl)cc(N4CCN(C)CC4)cc32)cc1. The molecule has 0 saturated carbocycles. The number of fused-ring (bicyclic) bond motifs is 1. The molecule has 6 heteroatoms. The lowest BCUT2D eigenvalue weighted by Crippen LogP contribution is -2.44. The number of nitrogens with zero attached hydrogens (tertiary/aromatic N) is 3. The Hall–Kier alpha value is -2.08. The summed E-state index contributed by atoms with van der Waals surface area (Å²) in [4.78, 5) is 18.5. The van der Waals surface area contributed by atoms with Crippen LogP contribution in [-0.2, 0) is 11.3 Å². The number of halogens is 1. The van der Waals surface area contributed by atoms with Gasteiger partial charge in [-0.1, -0.05) is 37.6 Å². The molecule has 2 aromatic carbocycles. The number of likely N-dealkylation sites (N-methyl/N-ethyl adjacent to an activating group) is 2. The Morgan fingerprint density at radius 3 is 2.26 bits per heavy atom. The summed E-state index contributed by atoms with van der Waals surface area (Å²) >= 11 is 6.78. The number of anilines is 2. The van der Waals surface area contributed by atoms with Crippen molar-refractivity contribution in [3.63, 3.8) is 0 Å². The van der Waals surface area contributed by atoms with Gasteiger partial charge in [-0.15, -0.1) is 0 Å². The molecule has 0 aliphatic carbocycles. The predicted octanol–water partition coefficient (Wildman–Crippen LogP) is 4.65. The van der Waals surface area contributed by atoms with Crippen LogP contribution in [0, 0.1) is 0 Å². The fourth-order valence-corrected chi connectivity index (χ4v) is 4.68. The summed E-state index contributed by atoms with van der Waals surface area (Å²) in [5.41, 5.74) is 5.87. The molecule has 1 atom stereocenters. The van der Waals surface area contributed by atoms with E-state index in [2.05, 4.69) is 58.4 Å². The molecule has 31 heavy (non-hydrogen) atoms. The Bertz CT molecular complexity index is 891. The topological polar surface area (TPSA) is 38.8 Å². The van der Waals surface area contributed by atoms with Crippen LogP contribution in [0.15, 0.2) is 36.4 Å². The Morgan fingerprint density at radius 2 is 1.65 bits per heavy atom. The summed E-state index contributed by atoms with van der Waals surface area (Å²) < 4.78 is 0. The van der Waals surface area contributed by atoms with E-state index in [4.69, 9.17) is 11.6 Å². The highest BCUT2D eigenvalue weighted by Crippen LogP contribution is 2.39. The highest BCUT2D eigenvalue weighted by Gasteiger charge is 2.28. The summed E-state index contributed by atoms with van der Waals surface area (Å²) in [5.74, 6) is 0.212. The monoisotopic (exact) mass is 442 g/mol. The molecule has 1 N–H and O–H groups in total. The molecule has 5 nitrogen and oxygen atoms in total. The van der Waals surface area contributed by atoms with Crippen LogP contribution >= 0.6 is 11.6 Å². The highest BCUT2D eigenvalue weighted by atomic mass is 35.5. The predicted molar refractivity (Wildman–Crippen MR) is 131 cm³/mol. The number of amides is 1. The zero-order chi connectivity index (χ0) is 22.5. The molecular weight excluding hydrogens is 408 g/mol. The van der Waals surface area contributed by atoms with Crippen molar-refractivity contribution in [3.05, 3.63) is 58.1 Å². The molecule has 1 fully saturated rings. The fourth-order valence-electron chi connectivity index (χ4n) is 4.40. The third-order valence-electron chi connectivity index (χ3n) is 6.01. The highest BCUT2D eigenvalue weighted by molar-refractivity contribution is 6.31. The number of hydrogen-bond donors (Lipinski definition) is 1. The van der Waals surface area contributed by atoms with Crippen LogP contribution in [0.5, 0.6) is 0 Å². The second-order valence-electron chi connectivity index (χ2n) is 8.34. The molecule has 1 amide bonds. The average molecular weight is 443 g/mol. The molecule has 4 rings (SSSR count). The number of benzene rings is 2. The maximum absolute atomic E-state index is 11.3. The Kier molecular flexibility index (Phi) is 7.98. The minimum absolute atomic E-state index is 0.0518. The van der Waals surface area contributed by atoms with Gasteiger partial charge in [0.25, 0.3) is 0 Å². The van der Waals surface area contributed by atoms with E-state index in [9.17, 15) is 4.79 Å². The molecule has 0 spiro atoms. The lowest BCUT2D eigenvalue weighted by atomic mass is 9.84. The van der Waals surface area contributed by atoms with Crippen LogP contribution < -0.4 is 10.2 Å². The van der Waals surface area contributed by atoms with Gasteiger partial charge in [0.05, 0.1) is 0 Å². The summed E-state index contributed by atoms with van der Waals surface area (Å²) in [6, 6.07) is 12.7. The standard InChI is InChI=1S/C23H29ClN4O.C2H6/c1-16(29)25-18-6-4-17(5-7-18)21-14-27(3)15-22-20(21)12-19(13-23(22)24)28-10-8-26(2)9-11-28;1-2/h4-7,12-13,21H,8-11,14-15H2,1-3H3,(H,25,29);1-2H3. The van der Waals surface area contributed by atoms with Gasteiger partial charge in [-0.25, -0.2) is 0 Å². The van der Waals surface area contributed by atoms with E-state index < -0.39 is 0 Å². The number of rotatable bonds is 3. The molecule has 2 aliphatic heterocycles. The van der Waals surface area contributed by atoms with Crippen LogP contribution in [0.25, 0.3) is 0 Å². The van der Waals surface area contributed by atoms with E-state index in [1.54, 1.807) is 0 Å². The third-order valence-corrected chi connectivity index (χ3v) is 6.35. The van der Waals surface area contributed by atoms with Gasteiger partial charge in [-0.2, -0.15) is 0 Å². The summed E-state index contributed by atoms with van der Waals surface area (Å²) in [6.07, 6.45) is 0. The van der Waals surface area contributed by atoms with E-state index in [1.165, 1.54) is 29.3 Å². The van der Waals surface area contributed by atoms with Crippen molar-refractivity contribution in [1.29, 1.82) is 0 Å². The Morgan fingerprint density at radius 1 is 1.00 bits per heavy atom. The van der Waals surface area contributed by atoms with Crippen molar-refractivity contribution in [1.82, 2.24) is 9.80 Å². The van der Waals surface area contributed by atoms with Crippen molar-refractivity contribution in [2.24, 2.45) is 0 Å². The minimum atomic E-state index is -0.0518. The van der Waals surface area contributed by atoms with Crippen molar-refractivity contribution < 1.29 is 4.79 Å². The largest absolute Gasteiger partial charge is 0.369 e. The number of carbonyl (C=O) groups is 1. The van der Waals surface area contributed by atoms with Gasteiger partial charge in [-0.3, -0.25) is 4.79 Å². The first kappa shape index (κ1) is 23.6. The summed E-state index contributed by atoms with van der Waals surface area (Å²) in [6.45, 7) is 11.6. The molecule has 0 aromatic heterocycles.